The largest absolute Gasteiger partial charge is 0.497 e. The van der Waals surface area contributed by atoms with Crippen LogP contribution in [0.1, 0.15) is 26.2 Å². The first kappa shape index (κ1) is 25.8. The first-order valence-corrected chi connectivity index (χ1v) is 13.1. The molecule has 1 aliphatic heterocycles. The third-order valence-electron chi connectivity index (χ3n) is 6.14. The van der Waals surface area contributed by atoms with Crippen LogP contribution in [-0.4, -0.2) is 66.2 Å². The lowest BCUT2D eigenvalue weighted by molar-refractivity contribution is -0.119. The molecule has 1 amide bonds. The SMILES string of the molecule is COc1ccc(S(=O)(=O)N(CC(=O)NCCCN2CCC(C)CC2)c2ccccc2OC)cc1. The summed E-state index contributed by atoms with van der Waals surface area (Å²) in [5, 5.41) is 2.88. The number of ether oxygens (including phenoxy) is 2. The quantitative estimate of drug-likeness (QED) is 0.488. The van der Waals surface area contributed by atoms with Gasteiger partial charge in [0, 0.05) is 6.54 Å². The van der Waals surface area contributed by atoms with Crippen LogP contribution >= 0.6 is 0 Å². The highest BCUT2D eigenvalue weighted by Crippen LogP contribution is 2.32. The van der Waals surface area contributed by atoms with E-state index in [0.29, 0.717) is 23.7 Å². The lowest BCUT2D eigenvalue weighted by atomic mass is 9.99. The van der Waals surface area contributed by atoms with Crippen molar-refractivity contribution in [2.24, 2.45) is 5.92 Å². The number of rotatable bonds is 11. The summed E-state index contributed by atoms with van der Waals surface area (Å²) in [6, 6.07) is 12.9. The highest BCUT2D eigenvalue weighted by molar-refractivity contribution is 7.92. The maximum Gasteiger partial charge on any atom is 0.264 e. The smallest absolute Gasteiger partial charge is 0.264 e. The molecule has 1 fully saturated rings. The molecule has 3 rings (SSSR count). The fourth-order valence-electron chi connectivity index (χ4n) is 4.01. The third-order valence-corrected chi connectivity index (χ3v) is 7.91. The number of nitrogens with zero attached hydrogens (tertiary/aromatic N) is 2. The maximum absolute atomic E-state index is 13.5. The van der Waals surface area contributed by atoms with E-state index < -0.39 is 10.0 Å². The van der Waals surface area contributed by atoms with Gasteiger partial charge in [-0.2, -0.15) is 0 Å². The lowest BCUT2D eigenvalue weighted by Gasteiger charge is -2.30. The van der Waals surface area contributed by atoms with Gasteiger partial charge >= 0.3 is 0 Å². The molecule has 1 saturated heterocycles. The standard InChI is InChI=1S/C25H35N3O5S/c1-20-13-17-27(18-14-20)16-6-15-26-25(29)19-28(23-7-4-5-8-24(23)33-3)34(30,31)22-11-9-21(32-2)10-12-22/h4-5,7-12,20H,6,13-19H2,1-3H3,(H,26,29). The predicted octanol–water partition coefficient (Wildman–Crippen LogP) is 3.14. The molecule has 0 radical (unpaired) electrons. The van der Waals surface area contributed by atoms with Gasteiger partial charge in [0.05, 0.1) is 24.8 Å². The van der Waals surface area contributed by atoms with Crippen LogP contribution in [0.15, 0.2) is 53.4 Å². The zero-order chi connectivity index (χ0) is 24.6. The average Bonchev–Trinajstić information content (AvgIpc) is 2.86. The van der Waals surface area contributed by atoms with Gasteiger partial charge in [-0.1, -0.05) is 19.1 Å². The summed E-state index contributed by atoms with van der Waals surface area (Å²) in [6.45, 7) is 5.54. The van der Waals surface area contributed by atoms with E-state index in [2.05, 4.69) is 17.1 Å². The van der Waals surface area contributed by atoms with Crippen molar-refractivity contribution in [3.8, 4) is 11.5 Å². The van der Waals surface area contributed by atoms with E-state index in [0.717, 1.165) is 36.3 Å². The fourth-order valence-corrected chi connectivity index (χ4v) is 5.44. The number of piperidine rings is 1. The molecule has 0 unspecified atom stereocenters. The van der Waals surface area contributed by atoms with Gasteiger partial charge in [-0.25, -0.2) is 8.42 Å². The monoisotopic (exact) mass is 489 g/mol. The highest BCUT2D eigenvalue weighted by atomic mass is 32.2. The van der Waals surface area contributed by atoms with Crippen molar-refractivity contribution in [1.82, 2.24) is 10.2 Å². The number of nitrogens with one attached hydrogen (secondary N) is 1. The molecular formula is C25H35N3O5S. The third kappa shape index (κ3) is 6.64. The number of anilines is 1. The Morgan fingerprint density at radius 1 is 1.06 bits per heavy atom. The van der Waals surface area contributed by atoms with Gasteiger partial charge in [-0.05, 0) is 81.2 Å². The number of carbonyl (C=O) groups excluding carboxylic acids is 1. The van der Waals surface area contributed by atoms with Crippen molar-refractivity contribution < 1.29 is 22.7 Å². The Morgan fingerprint density at radius 2 is 1.74 bits per heavy atom. The van der Waals surface area contributed by atoms with E-state index in [1.165, 1.54) is 39.2 Å². The van der Waals surface area contributed by atoms with Crippen LogP contribution in [0.25, 0.3) is 0 Å². The second-order valence-electron chi connectivity index (χ2n) is 8.59. The number of hydrogen-bond acceptors (Lipinski definition) is 6. The van der Waals surface area contributed by atoms with Crippen LogP contribution in [0.3, 0.4) is 0 Å². The molecular weight excluding hydrogens is 454 g/mol. The molecule has 1 aliphatic rings. The van der Waals surface area contributed by atoms with Crippen LogP contribution in [0.5, 0.6) is 11.5 Å². The molecule has 2 aromatic rings. The molecule has 1 heterocycles. The van der Waals surface area contributed by atoms with Crippen LogP contribution in [0, 0.1) is 5.92 Å². The van der Waals surface area contributed by atoms with Crippen molar-refractivity contribution in [2.45, 2.75) is 31.1 Å². The lowest BCUT2D eigenvalue weighted by Crippen LogP contribution is -2.42. The Morgan fingerprint density at radius 3 is 2.38 bits per heavy atom. The molecule has 0 spiro atoms. The first-order valence-electron chi connectivity index (χ1n) is 11.6. The second-order valence-corrected chi connectivity index (χ2v) is 10.4. The van der Waals surface area contributed by atoms with Gasteiger partial charge in [0.2, 0.25) is 5.91 Å². The summed E-state index contributed by atoms with van der Waals surface area (Å²) in [4.78, 5) is 15.3. The van der Waals surface area contributed by atoms with Gasteiger partial charge < -0.3 is 19.7 Å². The molecule has 0 atom stereocenters. The van der Waals surface area contributed by atoms with Crippen LogP contribution in [0.4, 0.5) is 5.69 Å². The van der Waals surface area contributed by atoms with E-state index in [9.17, 15) is 13.2 Å². The first-order chi connectivity index (χ1) is 16.3. The Labute approximate surface area is 202 Å². The summed E-state index contributed by atoms with van der Waals surface area (Å²) < 4.78 is 38.7. The maximum atomic E-state index is 13.5. The number of amides is 1. The molecule has 0 aromatic heterocycles. The number of likely N-dealkylation sites (tertiary alicyclic amines) is 1. The molecule has 0 saturated carbocycles. The second kappa shape index (κ2) is 12.1. The number of hydrogen-bond donors (Lipinski definition) is 1. The van der Waals surface area contributed by atoms with Gasteiger partial charge in [0.1, 0.15) is 18.0 Å². The van der Waals surface area contributed by atoms with Crippen LogP contribution in [0.2, 0.25) is 0 Å². The molecule has 2 aromatic carbocycles. The Kier molecular flexibility index (Phi) is 9.18. The number of carbonyl (C=O) groups is 1. The zero-order valence-corrected chi connectivity index (χ0v) is 21.0. The Hall–Kier alpha value is -2.78. The number of para-hydroxylation sites is 2. The summed E-state index contributed by atoms with van der Waals surface area (Å²) in [6.07, 6.45) is 3.24. The molecule has 0 aliphatic carbocycles. The fraction of sp³-hybridized carbons (Fsp3) is 0.480. The van der Waals surface area contributed by atoms with E-state index in [4.69, 9.17) is 9.47 Å². The highest BCUT2D eigenvalue weighted by Gasteiger charge is 2.29. The molecule has 0 bridgehead atoms. The summed E-state index contributed by atoms with van der Waals surface area (Å²) in [5.74, 6) is 1.33. The van der Waals surface area contributed by atoms with Crippen LogP contribution in [-0.2, 0) is 14.8 Å². The van der Waals surface area contributed by atoms with Crippen LogP contribution < -0.4 is 19.1 Å². The van der Waals surface area contributed by atoms with Crippen molar-refractivity contribution in [2.75, 3.05) is 51.2 Å². The molecule has 9 heteroatoms. The topological polar surface area (TPSA) is 88.2 Å². The van der Waals surface area contributed by atoms with Crippen molar-refractivity contribution >= 4 is 21.6 Å². The van der Waals surface area contributed by atoms with Crippen molar-refractivity contribution in [1.29, 1.82) is 0 Å². The normalized spacial score (nSPS) is 15.0. The number of sulfonamides is 1. The summed E-state index contributed by atoms with van der Waals surface area (Å²) in [5.41, 5.74) is 0.304. The van der Waals surface area contributed by atoms with Crippen molar-refractivity contribution in [3.63, 3.8) is 0 Å². The van der Waals surface area contributed by atoms with Crippen molar-refractivity contribution in [3.05, 3.63) is 48.5 Å². The van der Waals surface area contributed by atoms with E-state index >= 15 is 0 Å². The average molecular weight is 490 g/mol. The number of benzene rings is 2. The van der Waals surface area contributed by atoms with Gasteiger partial charge in [0.25, 0.3) is 10.0 Å². The Bertz CT molecular complexity index is 1030. The van der Waals surface area contributed by atoms with Gasteiger partial charge in [0.15, 0.2) is 0 Å². The molecule has 186 valence electrons. The summed E-state index contributed by atoms with van der Waals surface area (Å²) >= 11 is 0. The Balaban J connectivity index is 1.70. The van der Waals surface area contributed by atoms with Gasteiger partial charge in [-0.3, -0.25) is 9.10 Å². The molecule has 8 nitrogen and oxygen atoms in total. The predicted molar refractivity (Wildman–Crippen MR) is 133 cm³/mol. The van der Waals surface area contributed by atoms with E-state index in [1.54, 1.807) is 36.4 Å². The summed E-state index contributed by atoms with van der Waals surface area (Å²) in [7, 11) is -1.05. The molecule has 1 N–H and O–H groups in total. The minimum Gasteiger partial charge on any atom is -0.497 e. The number of methoxy groups -OCH3 is 2. The van der Waals surface area contributed by atoms with Gasteiger partial charge in [-0.15, -0.1) is 0 Å². The molecule has 34 heavy (non-hydrogen) atoms. The zero-order valence-electron chi connectivity index (χ0n) is 20.2. The van der Waals surface area contributed by atoms with E-state index in [1.807, 2.05) is 0 Å². The van der Waals surface area contributed by atoms with E-state index in [-0.39, 0.29) is 17.3 Å². The minimum atomic E-state index is -4.03. The minimum absolute atomic E-state index is 0.0614.